The van der Waals surface area contributed by atoms with Crippen molar-refractivity contribution in [2.75, 3.05) is 0 Å². The van der Waals surface area contributed by atoms with Gasteiger partial charge >= 0.3 is 0 Å². The third kappa shape index (κ3) is 2.50. The number of aromatic nitrogens is 1. The molecule has 0 amide bonds. The van der Waals surface area contributed by atoms with E-state index in [0.717, 1.165) is 36.6 Å². The number of nitrogens with zero attached hydrogens (tertiary/aromatic N) is 1. The minimum Gasteiger partial charge on any atom is -0.489 e. The number of aldehydes is 1. The fourth-order valence-corrected chi connectivity index (χ4v) is 3.33. The SMILES string of the molecule is O=Cc1ccc(OCc2cc3cccc4c3n(c2=O)CCC4)cc1. The van der Waals surface area contributed by atoms with Crippen LogP contribution in [-0.2, 0) is 19.6 Å². The fourth-order valence-electron chi connectivity index (χ4n) is 3.33. The van der Waals surface area contributed by atoms with Crippen LogP contribution in [0.25, 0.3) is 10.9 Å². The van der Waals surface area contributed by atoms with Crippen molar-refractivity contribution in [3.8, 4) is 5.75 Å². The Labute approximate surface area is 139 Å². The molecule has 1 aromatic heterocycles. The van der Waals surface area contributed by atoms with E-state index in [2.05, 4.69) is 6.07 Å². The van der Waals surface area contributed by atoms with E-state index in [1.54, 1.807) is 24.3 Å². The predicted octanol–water partition coefficient (Wildman–Crippen LogP) is 3.34. The molecule has 2 heterocycles. The Balaban J connectivity index is 1.68. The van der Waals surface area contributed by atoms with Crippen LogP contribution in [0.15, 0.2) is 53.3 Å². The van der Waals surface area contributed by atoms with E-state index in [4.69, 9.17) is 4.74 Å². The van der Waals surface area contributed by atoms with Crippen molar-refractivity contribution in [2.45, 2.75) is 26.0 Å². The Hall–Kier alpha value is -2.88. The van der Waals surface area contributed by atoms with Crippen LogP contribution in [0, 0.1) is 0 Å². The molecule has 0 N–H and O–H groups in total. The smallest absolute Gasteiger partial charge is 0.257 e. The van der Waals surface area contributed by atoms with E-state index in [9.17, 15) is 9.59 Å². The fraction of sp³-hybridized carbons (Fsp3) is 0.200. The summed E-state index contributed by atoms with van der Waals surface area (Å²) in [6.45, 7) is 0.980. The van der Waals surface area contributed by atoms with Gasteiger partial charge in [0.25, 0.3) is 5.56 Å². The zero-order valence-corrected chi connectivity index (χ0v) is 13.2. The van der Waals surface area contributed by atoms with Gasteiger partial charge in [0, 0.05) is 12.1 Å². The monoisotopic (exact) mass is 319 g/mol. The molecule has 24 heavy (non-hydrogen) atoms. The first kappa shape index (κ1) is 14.7. The lowest BCUT2D eigenvalue weighted by Crippen LogP contribution is -2.28. The van der Waals surface area contributed by atoms with Crippen molar-refractivity contribution in [1.29, 1.82) is 0 Å². The molecule has 0 aliphatic carbocycles. The molecule has 0 saturated heterocycles. The van der Waals surface area contributed by atoms with Gasteiger partial charge in [-0.15, -0.1) is 0 Å². The highest BCUT2D eigenvalue weighted by Gasteiger charge is 2.16. The van der Waals surface area contributed by atoms with Crippen molar-refractivity contribution >= 4 is 17.2 Å². The average molecular weight is 319 g/mol. The first-order chi connectivity index (χ1) is 11.8. The molecule has 4 nitrogen and oxygen atoms in total. The molecular weight excluding hydrogens is 302 g/mol. The highest BCUT2D eigenvalue weighted by molar-refractivity contribution is 5.83. The second-order valence-corrected chi connectivity index (χ2v) is 6.06. The number of ether oxygens (including phenoxy) is 1. The summed E-state index contributed by atoms with van der Waals surface area (Å²) in [5, 5.41) is 1.08. The van der Waals surface area contributed by atoms with Crippen molar-refractivity contribution < 1.29 is 9.53 Å². The van der Waals surface area contributed by atoms with Crippen LogP contribution in [-0.4, -0.2) is 10.9 Å². The average Bonchev–Trinajstić information content (AvgIpc) is 2.64. The molecule has 0 unspecified atom stereocenters. The maximum atomic E-state index is 12.8. The molecule has 0 bridgehead atoms. The summed E-state index contributed by atoms with van der Waals surface area (Å²) in [6, 6.07) is 15.0. The molecule has 0 radical (unpaired) electrons. The van der Waals surface area contributed by atoms with Crippen molar-refractivity contribution in [2.24, 2.45) is 0 Å². The van der Waals surface area contributed by atoms with E-state index in [1.165, 1.54) is 5.56 Å². The second kappa shape index (κ2) is 5.96. The van der Waals surface area contributed by atoms with Gasteiger partial charge in [-0.25, -0.2) is 0 Å². The van der Waals surface area contributed by atoms with Crippen LogP contribution in [0.3, 0.4) is 0 Å². The minimum absolute atomic E-state index is 0.0270. The summed E-state index contributed by atoms with van der Waals surface area (Å²) in [5.41, 5.74) is 3.59. The molecule has 4 rings (SSSR count). The van der Waals surface area contributed by atoms with Crippen LogP contribution < -0.4 is 10.3 Å². The number of hydrogen-bond acceptors (Lipinski definition) is 3. The summed E-state index contributed by atoms with van der Waals surface area (Å²) in [7, 11) is 0. The maximum absolute atomic E-state index is 12.8. The number of hydrogen-bond donors (Lipinski definition) is 0. The molecule has 0 atom stereocenters. The number of benzene rings is 2. The topological polar surface area (TPSA) is 48.3 Å². The number of rotatable bonds is 4. The van der Waals surface area contributed by atoms with E-state index in [0.29, 0.717) is 16.9 Å². The van der Waals surface area contributed by atoms with Gasteiger partial charge in [-0.3, -0.25) is 9.59 Å². The molecule has 120 valence electrons. The van der Waals surface area contributed by atoms with E-state index >= 15 is 0 Å². The van der Waals surface area contributed by atoms with Gasteiger partial charge < -0.3 is 9.30 Å². The highest BCUT2D eigenvalue weighted by atomic mass is 16.5. The van der Waals surface area contributed by atoms with Gasteiger partial charge in [-0.05, 0) is 54.1 Å². The van der Waals surface area contributed by atoms with Crippen molar-refractivity contribution in [3.05, 3.63) is 75.6 Å². The number of para-hydroxylation sites is 1. The molecule has 2 aromatic carbocycles. The van der Waals surface area contributed by atoms with Crippen LogP contribution in [0.2, 0.25) is 0 Å². The third-order valence-electron chi connectivity index (χ3n) is 4.51. The van der Waals surface area contributed by atoms with Gasteiger partial charge in [0.1, 0.15) is 18.6 Å². The lowest BCUT2D eigenvalue weighted by Gasteiger charge is -2.20. The number of aryl methyl sites for hydroxylation is 2. The Bertz CT molecular complexity index is 971. The second-order valence-electron chi connectivity index (χ2n) is 6.06. The summed E-state index contributed by atoms with van der Waals surface area (Å²) in [4.78, 5) is 23.4. The van der Waals surface area contributed by atoms with E-state index in [1.807, 2.05) is 22.8 Å². The van der Waals surface area contributed by atoms with Gasteiger partial charge in [0.2, 0.25) is 0 Å². The Morgan fingerprint density at radius 3 is 2.75 bits per heavy atom. The lowest BCUT2D eigenvalue weighted by atomic mass is 10.0. The number of carbonyl (C=O) groups is 1. The summed E-state index contributed by atoms with van der Waals surface area (Å²) in [5.74, 6) is 0.646. The summed E-state index contributed by atoms with van der Waals surface area (Å²) in [6.07, 6.45) is 2.81. The molecule has 0 spiro atoms. The third-order valence-corrected chi connectivity index (χ3v) is 4.51. The molecule has 0 saturated carbocycles. The normalized spacial score (nSPS) is 13.0. The van der Waals surface area contributed by atoms with Gasteiger partial charge in [-0.2, -0.15) is 0 Å². The molecule has 0 fully saturated rings. The molecule has 1 aliphatic rings. The minimum atomic E-state index is 0.0270. The Morgan fingerprint density at radius 1 is 1.12 bits per heavy atom. The highest BCUT2D eigenvalue weighted by Crippen LogP contribution is 2.24. The summed E-state index contributed by atoms with van der Waals surface area (Å²) >= 11 is 0. The number of pyridine rings is 1. The van der Waals surface area contributed by atoms with E-state index < -0.39 is 0 Å². The van der Waals surface area contributed by atoms with Crippen LogP contribution in [0.5, 0.6) is 5.75 Å². The molecule has 3 aromatic rings. The van der Waals surface area contributed by atoms with Gasteiger partial charge in [-0.1, -0.05) is 18.2 Å². The maximum Gasteiger partial charge on any atom is 0.257 e. The molecule has 4 heteroatoms. The predicted molar refractivity (Wildman–Crippen MR) is 92.7 cm³/mol. The van der Waals surface area contributed by atoms with Crippen molar-refractivity contribution in [3.63, 3.8) is 0 Å². The Kier molecular flexibility index (Phi) is 3.65. The van der Waals surface area contributed by atoms with Crippen LogP contribution in [0.1, 0.15) is 27.9 Å². The van der Waals surface area contributed by atoms with Crippen molar-refractivity contribution in [1.82, 2.24) is 4.57 Å². The van der Waals surface area contributed by atoms with Crippen LogP contribution >= 0.6 is 0 Å². The summed E-state index contributed by atoms with van der Waals surface area (Å²) < 4.78 is 7.62. The van der Waals surface area contributed by atoms with Gasteiger partial charge in [0.05, 0.1) is 11.1 Å². The Morgan fingerprint density at radius 2 is 1.96 bits per heavy atom. The largest absolute Gasteiger partial charge is 0.489 e. The lowest BCUT2D eigenvalue weighted by molar-refractivity contribution is 0.112. The first-order valence-corrected chi connectivity index (χ1v) is 8.08. The van der Waals surface area contributed by atoms with Crippen LogP contribution in [0.4, 0.5) is 0 Å². The zero-order valence-electron chi connectivity index (χ0n) is 13.2. The van der Waals surface area contributed by atoms with E-state index in [-0.39, 0.29) is 12.2 Å². The number of carbonyl (C=O) groups excluding carboxylic acids is 1. The first-order valence-electron chi connectivity index (χ1n) is 8.08. The quantitative estimate of drug-likeness (QED) is 0.693. The van der Waals surface area contributed by atoms with Gasteiger partial charge in [0.15, 0.2) is 0 Å². The standard InChI is InChI=1S/C20H17NO3/c22-12-14-6-8-18(9-7-14)24-13-17-11-16-4-1-3-15-5-2-10-21(19(15)16)20(17)23/h1,3-4,6-9,11-12H,2,5,10,13H2. The zero-order chi connectivity index (χ0) is 16.5. The molecule has 1 aliphatic heterocycles. The molecular formula is C20H17NO3.